The number of halogens is 1. The number of aliphatic carboxylic acids is 1. The summed E-state index contributed by atoms with van der Waals surface area (Å²) in [7, 11) is 0. The normalized spacial score (nSPS) is 12.2. The van der Waals surface area contributed by atoms with Crippen molar-refractivity contribution in [2.45, 2.75) is 32.3 Å². The van der Waals surface area contributed by atoms with Gasteiger partial charge in [0.1, 0.15) is 11.6 Å². The van der Waals surface area contributed by atoms with Crippen molar-refractivity contribution < 1.29 is 19.0 Å². The highest BCUT2D eigenvalue weighted by Crippen LogP contribution is 2.27. The van der Waals surface area contributed by atoms with Crippen LogP contribution in [0.1, 0.15) is 30.9 Å². The minimum atomic E-state index is -1.04. The molecule has 0 saturated heterocycles. The van der Waals surface area contributed by atoms with Gasteiger partial charge in [0.15, 0.2) is 6.10 Å². The van der Waals surface area contributed by atoms with Crippen molar-refractivity contribution >= 4 is 5.97 Å². The molecule has 0 heterocycles. The first-order chi connectivity index (χ1) is 10.5. The van der Waals surface area contributed by atoms with Gasteiger partial charge in [0.25, 0.3) is 0 Å². The molecule has 0 amide bonds. The lowest BCUT2D eigenvalue weighted by Gasteiger charge is -2.19. The van der Waals surface area contributed by atoms with Crippen LogP contribution < -0.4 is 4.74 Å². The van der Waals surface area contributed by atoms with Gasteiger partial charge in [-0.2, -0.15) is 0 Å². The van der Waals surface area contributed by atoms with Crippen molar-refractivity contribution in [2.24, 2.45) is 0 Å². The zero-order valence-corrected chi connectivity index (χ0v) is 12.6. The average Bonchev–Trinajstić information content (AvgIpc) is 2.49. The monoisotopic (exact) mass is 302 g/mol. The summed E-state index contributed by atoms with van der Waals surface area (Å²) in [5.41, 5.74) is 1.68. The van der Waals surface area contributed by atoms with Crippen LogP contribution in [-0.2, 0) is 11.2 Å². The number of para-hydroxylation sites is 1. The molecule has 0 aromatic heterocycles. The van der Waals surface area contributed by atoms with Gasteiger partial charge in [-0.15, -0.1) is 0 Å². The van der Waals surface area contributed by atoms with Gasteiger partial charge in [-0.3, -0.25) is 0 Å². The largest absolute Gasteiger partial charge is 0.478 e. The lowest BCUT2D eigenvalue weighted by molar-refractivity contribution is -0.145. The van der Waals surface area contributed by atoms with Gasteiger partial charge >= 0.3 is 5.97 Å². The molecule has 0 bridgehead atoms. The summed E-state index contributed by atoms with van der Waals surface area (Å²) < 4.78 is 18.6. The Kier molecular flexibility index (Phi) is 5.15. The summed E-state index contributed by atoms with van der Waals surface area (Å²) in [6.07, 6.45) is -0.826. The van der Waals surface area contributed by atoms with Crippen LogP contribution in [-0.4, -0.2) is 17.2 Å². The number of benzene rings is 2. The van der Waals surface area contributed by atoms with Crippen molar-refractivity contribution in [3.05, 3.63) is 65.5 Å². The average molecular weight is 302 g/mol. The molecule has 0 spiro atoms. The molecule has 2 aromatic rings. The molecule has 1 atom stereocenters. The highest BCUT2D eigenvalue weighted by atomic mass is 19.1. The fourth-order valence-corrected chi connectivity index (χ4v) is 2.23. The van der Waals surface area contributed by atoms with Gasteiger partial charge in [0.05, 0.1) is 0 Å². The molecule has 3 nitrogen and oxygen atoms in total. The van der Waals surface area contributed by atoms with E-state index in [1.165, 1.54) is 12.1 Å². The smallest absolute Gasteiger partial charge is 0.345 e. The van der Waals surface area contributed by atoms with Gasteiger partial charge in [-0.05, 0) is 35.2 Å². The van der Waals surface area contributed by atoms with Crippen molar-refractivity contribution in [1.29, 1.82) is 0 Å². The third-order valence-corrected chi connectivity index (χ3v) is 3.42. The van der Waals surface area contributed by atoms with Crippen LogP contribution in [0.15, 0.2) is 48.5 Å². The van der Waals surface area contributed by atoms with E-state index in [2.05, 4.69) is 0 Å². The van der Waals surface area contributed by atoms with E-state index in [9.17, 15) is 14.3 Å². The van der Waals surface area contributed by atoms with Crippen molar-refractivity contribution in [3.63, 3.8) is 0 Å². The Bertz CT molecular complexity index is 635. The molecule has 116 valence electrons. The van der Waals surface area contributed by atoms with Gasteiger partial charge in [0, 0.05) is 6.42 Å². The van der Waals surface area contributed by atoms with E-state index in [0.717, 1.165) is 11.1 Å². The van der Waals surface area contributed by atoms with Gasteiger partial charge in [-0.1, -0.05) is 44.2 Å². The fourth-order valence-electron chi connectivity index (χ4n) is 2.23. The Morgan fingerprint density at radius 3 is 2.36 bits per heavy atom. The molecule has 22 heavy (non-hydrogen) atoms. The Labute approximate surface area is 129 Å². The Hall–Kier alpha value is -2.36. The Morgan fingerprint density at radius 1 is 1.14 bits per heavy atom. The van der Waals surface area contributed by atoms with Crippen LogP contribution in [0.4, 0.5) is 4.39 Å². The number of hydrogen-bond acceptors (Lipinski definition) is 2. The highest BCUT2D eigenvalue weighted by molar-refractivity contribution is 5.73. The molecule has 0 aliphatic heterocycles. The maximum absolute atomic E-state index is 12.9. The first-order valence-electron chi connectivity index (χ1n) is 7.20. The summed E-state index contributed by atoms with van der Waals surface area (Å²) in [6, 6.07) is 13.2. The minimum Gasteiger partial charge on any atom is -0.478 e. The maximum Gasteiger partial charge on any atom is 0.345 e. The van der Waals surface area contributed by atoms with Crippen molar-refractivity contribution in [2.75, 3.05) is 0 Å². The molecule has 0 aliphatic rings. The topological polar surface area (TPSA) is 46.5 Å². The lowest BCUT2D eigenvalue weighted by Crippen LogP contribution is -2.29. The van der Waals surface area contributed by atoms with Crippen LogP contribution >= 0.6 is 0 Å². The van der Waals surface area contributed by atoms with Gasteiger partial charge < -0.3 is 9.84 Å². The molecule has 0 aliphatic carbocycles. The number of hydrogen-bond donors (Lipinski definition) is 1. The predicted octanol–water partition coefficient (Wildman–Crippen LogP) is 4.02. The van der Waals surface area contributed by atoms with Crippen LogP contribution in [0.2, 0.25) is 0 Å². The summed E-state index contributed by atoms with van der Waals surface area (Å²) in [6.45, 7) is 4.05. The summed E-state index contributed by atoms with van der Waals surface area (Å²) in [5.74, 6) is -0.576. The van der Waals surface area contributed by atoms with E-state index in [-0.39, 0.29) is 18.2 Å². The quantitative estimate of drug-likeness (QED) is 0.876. The van der Waals surface area contributed by atoms with Crippen molar-refractivity contribution in [3.8, 4) is 5.75 Å². The third kappa shape index (κ3) is 4.07. The van der Waals surface area contributed by atoms with E-state index in [1.54, 1.807) is 18.2 Å². The molecule has 4 heteroatoms. The zero-order valence-electron chi connectivity index (χ0n) is 12.6. The van der Waals surface area contributed by atoms with E-state index in [1.807, 2.05) is 32.0 Å². The minimum absolute atomic E-state index is 0.183. The maximum atomic E-state index is 12.9. The fraction of sp³-hybridized carbons (Fsp3) is 0.278. The second kappa shape index (κ2) is 7.07. The number of ether oxygens (including phenoxy) is 1. The second-order valence-electron chi connectivity index (χ2n) is 5.47. The molecule has 0 saturated carbocycles. The van der Waals surface area contributed by atoms with Crippen LogP contribution in [0.5, 0.6) is 5.75 Å². The number of carbonyl (C=O) groups is 1. The first-order valence-corrected chi connectivity index (χ1v) is 7.20. The van der Waals surface area contributed by atoms with E-state index in [4.69, 9.17) is 4.74 Å². The Morgan fingerprint density at radius 2 is 1.77 bits per heavy atom. The number of carboxylic acid groups (broad SMARTS) is 1. The Balaban J connectivity index is 2.19. The third-order valence-electron chi connectivity index (χ3n) is 3.42. The molecule has 0 unspecified atom stereocenters. The van der Waals surface area contributed by atoms with Crippen LogP contribution in [0.3, 0.4) is 0 Å². The summed E-state index contributed by atoms with van der Waals surface area (Å²) in [5, 5.41) is 9.38. The molecular formula is C18H19FO3. The van der Waals surface area contributed by atoms with Crippen LogP contribution in [0, 0.1) is 5.82 Å². The van der Waals surface area contributed by atoms with E-state index >= 15 is 0 Å². The molecule has 2 aromatic carbocycles. The lowest BCUT2D eigenvalue weighted by atomic mass is 10.0. The standard InChI is InChI=1S/C18H19FO3/c1-12(2)15-5-3-4-6-16(15)22-17(18(20)21)11-13-7-9-14(19)10-8-13/h3-10,12,17H,11H2,1-2H3,(H,20,21)/t17-/m1/s1. The van der Waals surface area contributed by atoms with E-state index in [0.29, 0.717) is 5.75 Å². The summed E-state index contributed by atoms with van der Waals surface area (Å²) in [4.78, 5) is 11.5. The predicted molar refractivity (Wildman–Crippen MR) is 82.7 cm³/mol. The second-order valence-corrected chi connectivity index (χ2v) is 5.47. The number of carboxylic acids is 1. The molecular weight excluding hydrogens is 283 g/mol. The first kappa shape index (κ1) is 16.0. The molecule has 2 rings (SSSR count). The van der Waals surface area contributed by atoms with Gasteiger partial charge in [0.2, 0.25) is 0 Å². The molecule has 1 N–H and O–H groups in total. The highest BCUT2D eigenvalue weighted by Gasteiger charge is 2.21. The van der Waals surface area contributed by atoms with E-state index < -0.39 is 12.1 Å². The summed E-state index contributed by atoms with van der Waals surface area (Å²) >= 11 is 0. The molecule has 0 radical (unpaired) electrons. The zero-order chi connectivity index (χ0) is 16.1. The number of rotatable bonds is 6. The van der Waals surface area contributed by atoms with Crippen molar-refractivity contribution in [1.82, 2.24) is 0 Å². The SMILES string of the molecule is CC(C)c1ccccc1O[C@H](Cc1ccc(F)cc1)C(=O)O. The van der Waals surface area contributed by atoms with Crippen LogP contribution in [0.25, 0.3) is 0 Å². The van der Waals surface area contributed by atoms with Gasteiger partial charge in [-0.25, -0.2) is 9.18 Å². The molecule has 0 fully saturated rings.